The highest BCUT2D eigenvalue weighted by Gasteiger charge is 2.21. The first-order valence-electron chi connectivity index (χ1n) is 8.47. The molecule has 1 aliphatic heterocycles. The van der Waals surface area contributed by atoms with Crippen molar-refractivity contribution in [2.45, 2.75) is 19.8 Å². The third-order valence-corrected chi connectivity index (χ3v) is 4.12. The molecule has 1 N–H and O–H groups in total. The first kappa shape index (κ1) is 17.7. The van der Waals surface area contributed by atoms with Gasteiger partial charge in [0.15, 0.2) is 6.61 Å². The van der Waals surface area contributed by atoms with Crippen LogP contribution in [0.25, 0.3) is 0 Å². The van der Waals surface area contributed by atoms with Gasteiger partial charge in [0.1, 0.15) is 0 Å². The van der Waals surface area contributed by atoms with Gasteiger partial charge in [0.05, 0.1) is 5.56 Å². The van der Waals surface area contributed by atoms with Crippen molar-refractivity contribution in [3.05, 3.63) is 59.7 Å². The van der Waals surface area contributed by atoms with Gasteiger partial charge in [-0.1, -0.05) is 12.1 Å². The standard InChI is InChI=1S/C20H20N2O4/c1-14-4-2-5-16(12-14)21-18(23)13-26-20(25)15-7-9-17(10-8-15)22-11-3-6-19(22)24/h2,4-5,7-10,12H,3,6,11,13H2,1H3,(H,21,23). The van der Waals surface area contributed by atoms with Gasteiger partial charge in [-0.2, -0.15) is 0 Å². The van der Waals surface area contributed by atoms with Crippen molar-refractivity contribution in [1.82, 2.24) is 0 Å². The predicted molar refractivity (Wildman–Crippen MR) is 98.1 cm³/mol. The summed E-state index contributed by atoms with van der Waals surface area (Å²) in [6.07, 6.45) is 1.40. The fourth-order valence-electron chi connectivity index (χ4n) is 2.83. The minimum atomic E-state index is -0.580. The number of aryl methyl sites for hydroxylation is 1. The lowest BCUT2D eigenvalue weighted by Crippen LogP contribution is -2.23. The molecule has 0 saturated carbocycles. The van der Waals surface area contributed by atoms with E-state index in [1.165, 1.54) is 0 Å². The SMILES string of the molecule is Cc1cccc(NC(=O)COC(=O)c2ccc(N3CCCC3=O)cc2)c1. The molecule has 2 aromatic carbocycles. The predicted octanol–water partition coefficient (Wildman–Crippen LogP) is 2.92. The van der Waals surface area contributed by atoms with E-state index in [4.69, 9.17) is 4.74 Å². The number of carbonyl (C=O) groups excluding carboxylic acids is 3. The molecule has 6 nitrogen and oxygen atoms in total. The van der Waals surface area contributed by atoms with E-state index in [0.29, 0.717) is 24.2 Å². The van der Waals surface area contributed by atoms with Gasteiger partial charge in [-0.25, -0.2) is 4.79 Å². The van der Waals surface area contributed by atoms with Crippen LogP contribution in [0, 0.1) is 6.92 Å². The van der Waals surface area contributed by atoms with E-state index in [1.54, 1.807) is 35.2 Å². The Bertz CT molecular complexity index is 830. The Morgan fingerprint density at radius 3 is 2.58 bits per heavy atom. The largest absolute Gasteiger partial charge is 0.452 e. The average molecular weight is 352 g/mol. The van der Waals surface area contributed by atoms with Crippen molar-refractivity contribution < 1.29 is 19.1 Å². The summed E-state index contributed by atoms with van der Waals surface area (Å²) in [6, 6.07) is 14.0. The highest BCUT2D eigenvalue weighted by molar-refractivity contribution is 5.97. The van der Waals surface area contributed by atoms with Crippen LogP contribution in [0.15, 0.2) is 48.5 Å². The van der Waals surface area contributed by atoms with Gasteiger partial charge in [0.25, 0.3) is 5.91 Å². The number of benzene rings is 2. The molecular formula is C20H20N2O4. The molecule has 2 amide bonds. The number of rotatable bonds is 5. The third kappa shape index (κ3) is 4.27. The molecule has 1 saturated heterocycles. The second-order valence-electron chi connectivity index (χ2n) is 6.19. The highest BCUT2D eigenvalue weighted by Crippen LogP contribution is 2.21. The Morgan fingerprint density at radius 1 is 1.15 bits per heavy atom. The van der Waals surface area contributed by atoms with E-state index in [1.807, 2.05) is 25.1 Å². The van der Waals surface area contributed by atoms with E-state index in [9.17, 15) is 14.4 Å². The van der Waals surface area contributed by atoms with Crippen LogP contribution < -0.4 is 10.2 Å². The Balaban J connectivity index is 1.53. The van der Waals surface area contributed by atoms with E-state index in [2.05, 4.69) is 5.32 Å². The number of carbonyl (C=O) groups is 3. The summed E-state index contributed by atoms with van der Waals surface area (Å²) >= 11 is 0. The molecule has 0 atom stereocenters. The summed E-state index contributed by atoms with van der Waals surface area (Å²) in [7, 11) is 0. The van der Waals surface area contributed by atoms with Gasteiger partial charge in [0.2, 0.25) is 5.91 Å². The molecule has 0 unspecified atom stereocenters. The summed E-state index contributed by atoms with van der Waals surface area (Å²) in [6.45, 7) is 2.26. The van der Waals surface area contributed by atoms with Gasteiger partial charge >= 0.3 is 5.97 Å². The van der Waals surface area contributed by atoms with Crippen LogP contribution in [0.4, 0.5) is 11.4 Å². The Kier molecular flexibility index (Phi) is 5.31. The molecule has 1 fully saturated rings. The smallest absolute Gasteiger partial charge is 0.338 e. The molecule has 1 heterocycles. The summed E-state index contributed by atoms with van der Waals surface area (Å²) in [5, 5.41) is 2.68. The van der Waals surface area contributed by atoms with Gasteiger partial charge in [0, 0.05) is 24.3 Å². The van der Waals surface area contributed by atoms with Crippen molar-refractivity contribution in [3.8, 4) is 0 Å². The number of anilines is 2. The summed E-state index contributed by atoms with van der Waals surface area (Å²) in [5.74, 6) is -0.889. The van der Waals surface area contributed by atoms with Crippen molar-refractivity contribution >= 4 is 29.2 Å². The van der Waals surface area contributed by atoms with E-state index >= 15 is 0 Å². The minimum absolute atomic E-state index is 0.0909. The Morgan fingerprint density at radius 2 is 1.92 bits per heavy atom. The zero-order valence-corrected chi connectivity index (χ0v) is 14.5. The Hall–Kier alpha value is -3.15. The number of esters is 1. The maximum atomic E-state index is 12.1. The summed E-state index contributed by atoms with van der Waals surface area (Å²) in [4.78, 5) is 37.4. The molecule has 0 aromatic heterocycles. The van der Waals surface area contributed by atoms with Crippen LogP contribution in [0.3, 0.4) is 0 Å². The monoisotopic (exact) mass is 352 g/mol. The molecule has 6 heteroatoms. The van der Waals surface area contributed by atoms with E-state index < -0.39 is 11.9 Å². The van der Waals surface area contributed by atoms with Crippen LogP contribution in [0.2, 0.25) is 0 Å². The lowest BCUT2D eigenvalue weighted by atomic mass is 10.2. The van der Waals surface area contributed by atoms with Crippen LogP contribution >= 0.6 is 0 Å². The maximum absolute atomic E-state index is 12.1. The average Bonchev–Trinajstić information content (AvgIpc) is 3.06. The molecule has 0 spiro atoms. The number of hydrogen-bond donors (Lipinski definition) is 1. The van der Waals surface area contributed by atoms with Gasteiger partial charge < -0.3 is 15.0 Å². The first-order valence-corrected chi connectivity index (χ1v) is 8.47. The van der Waals surface area contributed by atoms with Crippen LogP contribution in [-0.2, 0) is 14.3 Å². The lowest BCUT2D eigenvalue weighted by Gasteiger charge is -2.15. The summed E-state index contributed by atoms with van der Waals surface area (Å²) in [5.41, 5.74) is 2.78. The molecule has 26 heavy (non-hydrogen) atoms. The zero-order valence-electron chi connectivity index (χ0n) is 14.5. The summed E-state index contributed by atoms with van der Waals surface area (Å²) < 4.78 is 5.05. The van der Waals surface area contributed by atoms with Crippen molar-refractivity contribution in [2.24, 2.45) is 0 Å². The number of ether oxygens (including phenoxy) is 1. The van der Waals surface area contributed by atoms with E-state index in [0.717, 1.165) is 17.7 Å². The quantitative estimate of drug-likeness (QED) is 0.840. The third-order valence-electron chi connectivity index (χ3n) is 4.12. The maximum Gasteiger partial charge on any atom is 0.338 e. The van der Waals surface area contributed by atoms with Gasteiger partial charge in [-0.3, -0.25) is 9.59 Å². The van der Waals surface area contributed by atoms with Crippen molar-refractivity contribution in [3.63, 3.8) is 0 Å². The Labute approximate surface area is 151 Å². The second kappa shape index (κ2) is 7.82. The van der Waals surface area contributed by atoms with Gasteiger partial charge in [-0.05, 0) is 55.3 Å². The van der Waals surface area contributed by atoms with Crippen LogP contribution in [0.5, 0.6) is 0 Å². The molecule has 0 bridgehead atoms. The molecule has 134 valence electrons. The normalized spacial score (nSPS) is 13.6. The zero-order chi connectivity index (χ0) is 18.5. The lowest BCUT2D eigenvalue weighted by molar-refractivity contribution is -0.119. The number of nitrogens with zero attached hydrogens (tertiary/aromatic N) is 1. The van der Waals surface area contributed by atoms with Crippen LogP contribution in [0.1, 0.15) is 28.8 Å². The molecule has 3 rings (SSSR count). The first-order chi connectivity index (χ1) is 12.5. The minimum Gasteiger partial charge on any atom is -0.452 e. The fraction of sp³-hybridized carbons (Fsp3) is 0.250. The van der Waals surface area contributed by atoms with Gasteiger partial charge in [-0.15, -0.1) is 0 Å². The highest BCUT2D eigenvalue weighted by atomic mass is 16.5. The van der Waals surface area contributed by atoms with Crippen LogP contribution in [-0.4, -0.2) is 30.9 Å². The fourth-order valence-corrected chi connectivity index (χ4v) is 2.83. The van der Waals surface area contributed by atoms with Crippen molar-refractivity contribution in [1.29, 1.82) is 0 Å². The molecule has 0 aliphatic carbocycles. The number of hydrogen-bond acceptors (Lipinski definition) is 4. The topological polar surface area (TPSA) is 75.7 Å². The molecule has 0 radical (unpaired) electrons. The second-order valence-corrected chi connectivity index (χ2v) is 6.19. The number of amides is 2. The van der Waals surface area contributed by atoms with Crippen molar-refractivity contribution in [2.75, 3.05) is 23.4 Å². The molecular weight excluding hydrogens is 332 g/mol. The molecule has 1 aliphatic rings. The molecule has 2 aromatic rings. The number of nitrogens with one attached hydrogen (secondary N) is 1. The van der Waals surface area contributed by atoms with E-state index in [-0.39, 0.29) is 12.5 Å².